The van der Waals surface area contributed by atoms with Crippen LogP contribution in [-0.4, -0.2) is 28.9 Å². The van der Waals surface area contributed by atoms with Gasteiger partial charge in [-0.15, -0.1) is 13.2 Å². The Kier molecular flexibility index (Phi) is 10.2. The molecule has 190 valence electrons. The monoisotopic (exact) mass is 491 g/mol. The average molecular weight is 492 g/mol. The van der Waals surface area contributed by atoms with Gasteiger partial charge in [0, 0.05) is 23.4 Å². The topological polar surface area (TPSA) is 59.0 Å². The van der Waals surface area contributed by atoms with E-state index in [-0.39, 0.29) is 18.1 Å². The number of halogens is 3. The quantitative estimate of drug-likeness (QED) is 0.299. The molecule has 1 N–H and O–H groups in total. The lowest BCUT2D eigenvalue weighted by Gasteiger charge is -2.29. The highest BCUT2D eigenvalue weighted by Crippen LogP contribution is 2.30. The SMILES string of the molecule is C=C(c1ccc(OC(F)(F)F)cc1)N(Cc1ccccc1OCCC[C@@H](C)CC(=O)O)/C(C)=C\C. The fourth-order valence-corrected chi connectivity index (χ4v) is 3.55. The zero-order chi connectivity index (χ0) is 26.0. The second-order valence-electron chi connectivity index (χ2n) is 8.34. The van der Waals surface area contributed by atoms with Crippen LogP contribution in [-0.2, 0) is 11.3 Å². The molecule has 0 radical (unpaired) electrons. The van der Waals surface area contributed by atoms with Crippen molar-refractivity contribution in [2.24, 2.45) is 5.92 Å². The molecule has 8 heteroatoms. The van der Waals surface area contributed by atoms with E-state index in [1.54, 1.807) is 12.1 Å². The molecule has 0 spiro atoms. The number of carboxylic acid groups (broad SMARTS) is 1. The maximum atomic E-state index is 12.5. The van der Waals surface area contributed by atoms with Gasteiger partial charge in [0.25, 0.3) is 0 Å². The van der Waals surface area contributed by atoms with E-state index >= 15 is 0 Å². The van der Waals surface area contributed by atoms with Gasteiger partial charge in [-0.25, -0.2) is 0 Å². The van der Waals surface area contributed by atoms with E-state index in [1.807, 2.05) is 56.0 Å². The van der Waals surface area contributed by atoms with E-state index in [9.17, 15) is 18.0 Å². The van der Waals surface area contributed by atoms with Crippen molar-refractivity contribution < 1.29 is 32.5 Å². The van der Waals surface area contributed by atoms with Crippen LogP contribution in [0, 0.1) is 5.92 Å². The minimum absolute atomic E-state index is 0.0791. The third-order valence-electron chi connectivity index (χ3n) is 5.51. The number of aliphatic carboxylic acids is 1. The summed E-state index contributed by atoms with van der Waals surface area (Å²) in [5.74, 6) is -0.296. The molecule has 5 nitrogen and oxygen atoms in total. The lowest BCUT2D eigenvalue weighted by atomic mass is 10.0. The molecule has 0 saturated heterocycles. The molecule has 2 rings (SSSR count). The number of allylic oxidation sites excluding steroid dienone is 2. The number of nitrogens with zero attached hydrogens (tertiary/aromatic N) is 1. The van der Waals surface area contributed by atoms with Crippen LogP contribution in [0.15, 0.2) is 66.9 Å². The molecule has 0 amide bonds. The van der Waals surface area contributed by atoms with Crippen molar-refractivity contribution in [2.75, 3.05) is 6.61 Å². The summed E-state index contributed by atoms with van der Waals surface area (Å²) >= 11 is 0. The highest BCUT2D eigenvalue weighted by Gasteiger charge is 2.31. The largest absolute Gasteiger partial charge is 0.573 e. The summed E-state index contributed by atoms with van der Waals surface area (Å²) in [6.07, 6.45) is -1.19. The minimum Gasteiger partial charge on any atom is -0.493 e. The van der Waals surface area contributed by atoms with Gasteiger partial charge in [-0.05, 0) is 68.5 Å². The Bertz CT molecular complexity index is 1020. The Morgan fingerprint density at radius 2 is 1.83 bits per heavy atom. The number of alkyl halides is 3. The Morgan fingerprint density at radius 1 is 1.17 bits per heavy atom. The summed E-state index contributed by atoms with van der Waals surface area (Å²) in [6.45, 7) is 10.8. The van der Waals surface area contributed by atoms with E-state index in [0.29, 0.717) is 30.2 Å². The lowest BCUT2D eigenvalue weighted by Crippen LogP contribution is -2.20. The first-order valence-corrected chi connectivity index (χ1v) is 11.4. The van der Waals surface area contributed by atoms with Crippen LogP contribution in [0.1, 0.15) is 51.2 Å². The molecule has 1 atom stereocenters. The van der Waals surface area contributed by atoms with Crippen molar-refractivity contribution in [3.8, 4) is 11.5 Å². The predicted octanol–water partition coefficient (Wildman–Crippen LogP) is 7.25. The summed E-state index contributed by atoms with van der Waals surface area (Å²) < 4.78 is 47.4. The highest BCUT2D eigenvalue weighted by molar-refractivity contribution is 5.67. The van der Waals surface area contributed by atoms with Gasteiger partial charge in [-0.1, -0.05) is 37.8 Å². The Balaban J connectivity index is 2.11. The summed E-state index contributed by atoms with van der Waals surface area (Å²) in [5.41, 5.74) is 3.12. The first-order valence-electron chi connectivity index (χ1n) is 11.4. The third kappa shape index (κ3) is 9.39. The van der Waals surface area contributed by atoms with Gasteiger partial charge < -0.3 is 19.5 Å². The van der Waals surface area contributed by atoms with Crippen LogP contribution in [0.5, 0.6) is 11.5 Å². The Morgan fingerprint density at radius 3 is 2.43 bits per heavy atom. The highest BCUT2D eigenvalue weighted by atomic mass is 19.4. The van der Waals surface area contributed by atoms with Crippen molar-refractivity contribution in [1.82, 2.24) is 4.90 Å². The molecule has 0 aromatic heterocycles. The van der Waals surface area contributed by atoms with Crippen LogP contribution >= 0.6 is 0 Å². The molecular weight excluding hydrogens is 459 g/mol. The van der Waals surface area contributed by atoms with Gasteiger partial charge in [0.2, 0.25) is 0 Å². The molecular formula is C27H32F3NO4. The van der Waals surface area contributed by atoms with Crippen LogP contribution in [0.25, 0.3) is 5.70 Å². The zero-order valence-corrected chi connectivity index (χ0v) is 20.3. The Hall–Kier alpha value is -3.42. The van der Waals surface area contributed by atoms with Crippen molar-refractivity contribution in [3.63, 3.8) is 0 Å². The molecule has 35 heavy (non-hydrogen) atoms. The fraction of sp³-hybridized carbons (Fsp3) is 0.370. The molecule has 0 aliphatic rings. The first-order chi connectivity index (χ1) is 16.5. The van der Waals surface area contributed by atoms with Gasteiger partial charge in [0.15, 0.2) is 0 Å². The molecule has 0 fully saturated rings. The van der Waals surface area contributed by atoms with E-state index in [2.05, 4.69) is 11.3 Å². The normalized spacial score (nSPS) is 12.7. The molecule has 0 heterocycles. The number of hydrogen-bond acceptors (Lipinski definition) is 4. The number of carboxylic acids is 1. The van der Waals surface area contributed by atoms with Gasteiger partial charge in [0.1, 0.15) is 11.5 Å². The van der Waals surface area contributed by atoms with Crippen molar-refractivity contribution in [2.45, 2.75) is 52.9 Å². The minimum atomic E-state index is -4.75. The van der Waals surface area contributed by atoms with E-state index in [4.69, 9.17) is 9.84 Å². The molecule has 0 unspecified atom stereocenters. The van der Waals surface area contributed by atoms with Gasteiger partial charge in [-0.2, -0.15) is 0 Å². The second-order valence-corrected chi connectivity index (χ2v) is 8.34. The van der Waals surface area contributed by atoms with Crippen molar-refractivity contribution in [1.29, 1.82) is 0 Å². The molecule has 0 saturated carbocycles. The van der Waals surface area contributed by atoms with Gasteiger partial charge >= 0.3 is 12.3 Å². The number of benzene rings is 2. The lowest BCUT2D eigenvalue weighted by molar-refractivity contribution is -0.274. The predicted molar refractivity (Wildman–Crippen MR) is 130 cm³/mol. The van der Waals surface area contributed by atoms with E-state index in [1.165, 1.54) is 12.1 Å². The summed E-state index contributed by atoms with van der Waals surface area (Å²) in [6, 6.07) is 13.2. The van der Waals surface area contributed by atoms with Crippen LogP contribution < -0.4 is 9.47 Å². The third-order valence-corrected chi connectivity index (χ3v) is 5.51. The summed E-state index contributed by atoms with van der Waals surface area (Å²) in [5, 5.41) is 8.89. The fourth-order valence-electron chi connectivity index (χ4n) is 3.55. The molecule has 0 aliphatic heterocycles. The number of rotatable bonds is 13. The molecule has 0 aliphatic carbocycles. The standard InChI is InChI=1S/C27H32F3NO4/c1-5-20(3)31(21(4)22-12-14-24(15-13-22)35-27(28,29)30)18-23-10-6-7-11-25(23)34-16-8-9-19(2)17-26(32)33/h5-7,10-15,19H,4,8-9,16-18H2,1-3H3,(H,32,33)/b20-5-/t19-/m1/s1. The smallest absolute Gasteiger partial charge is 0.493 e. The number of ether oxygens (including phenoxy) is 2. The van der Waals surface area contributed by atoms with Crippen LogP contribution in [0.4, 0.5) is 13.2 Å². The maximum Gasteiger partial charge on any atom is 0.573 e. The van der Waals surface area contributed by atoms with Crippen molar-refractivity contribution in [3.05, 3.63) is 78.0 Å². The second kappa shape index (κ2) is 12.9. The molecule has 2 aromatic carbocycles. The number of para-hydroxylation sites is 1. The Labute approximate surface area is 204 Å². The average Bonchev–Trinajstić information content (AvgIpc) is 2.79. The van der Waals surface area contributed by atoms with E-state index < -0.39 is 12.3 Å². The zero-order valence-electron chi connectivity index (χ0n) is 20.3. The molecule has 2 aromatic rings. The first kappa shape index (κ1) is 27.8. The summed E-state index contributed by atoms with van der Waals surface area (Å²) in [7, 11) is 0. The summed E-state index contributed by atoms with van der Waals surface area (Å²) in [4.78, 5) is 12.8. The number of hydrogen-bond donors (Lipinski definition) is 1. The maximum absolute atomic E-state index is 12.5. The van der Waals surface area contributed by atoms with Gasteiger partial charge in [-0.3, -0.25) is 4.79 Å². The van der Waals surface area contributed by atoms with Crippen molar-refractivity contribution >= 4 is 11.7 Å². The van der Waals surface area contributed by atoms with Gasteiger partial charge in [0.05, 0.1) is 13.2 Å². The van der Waals surface area contributed by atoms with E-state index in [0.717, 1.165) is 24.1 Å². The molecule has 0 bridgehead atoms. The van der Waals surface area contributed by atoms with Crippen LogP contribution in [0.3, 0.4) is 0 Å². The van der Waals surface area contributed by atoms with Crippen LogP contribution in [0.2, 0.25) is 0 Å². The number of carbonyl (C=O) groups is 1.